The molecule has 0 unspecified atom stereocenters. The summed E-state index contributed by atoms with van der Waals surface area (Å²) in [5.41, 5.74) is 4.64. The molecule has 148 valence electrons. The Balaban J connectivity index is 2.67. The number of hydrogen-bond acceptors (Lipinski definition) is 4. The molecule has 1 rings (SSSR count). The summed E-state index contributed by atoms with van der Waals surface area (Å²) in [7, 11) is -3.65. The van der Waals surface area contributed by atoms with Gasteiger partial charge in [0, 0.05) is 26.1 Å². The van der Waals surface area contributed by atoms with E-state index in [2.05, 4.69) is 22.3 Å². The van der Waals surface area contributed by atoms with E-state index in [0.717, 1.165) is 40.8 Å². The number of amides is 1. The maximum atomic E-state index is 12.8. The number of nitrogens with one attached hydrogen (secondary N) is 3. The van der Waals surface area contributed by atoms with Crippen molar-refractivity contribution in [1.82, 2.24) is 15.4 Å². The minimum absolute atomic E-state index is 0.0847. The van der Waals surface area contributed by atoms with Crippen LogP contribution in [0.2, 0.25) is 0 Å². The summed E-state index contributed by atoms with van der Waals surface area (Å²) in [4.78, 5) is 12.1. The first-order chi connectivity index (χ1) is 12.1. The first-order valence-corrected chi connectivity index (χ1v) is 10.7. The number of hydrogen-bond donors (Lipinski definition) is 3. The molecule has 26 heavy (non-hydrogen) atoms. The first-order valence-electron chi connectivity index (χ1n) is 9.17. The fraction of sp³-hybridized carbons (Fsp3) is 0.632. The maximum Gasteiger partial charge on any atom is 0.241 e. The highest BCUT2D eigenvalue weighted by Gasteiger charge is 2.23. The topological polar surface area (TPSA) is 87.3 Å². The molecule has 0 saturated heterocycles. The Labute approximate surface area is 158 Å². The number of rotatable bonds is 10. The molecule has 7 heteroatoms. The van der Waals surface area contributed by atoms with Crippen molar-refractivity contribution >= 4 is 15.9 Å². The molecule has 0 spiro atoms. The highest BCUT2D eigenvalue weighted by atomic mass is 32.2. The molecule has 0 saturated carbocycles. The van der Waals surface area contributed by atoms with E-state index in [1.54, 1.807) is 0 Å². The molecule has 0 heterocycles. The lowest BCUT2D eigenvalue weighted by molar-refractivity contribution is -0.120. The van der Waals surface area contributed by atoms with Crippen molar-refractivity contribution in [3.8, 4) is 0 Å². The predicted molar refractivity (Wildman–Crippen MR) is 106 cm³/mol. The third-order valence-electron chi connectivity index (χ3n) is 4.89. The monoisotopic (exact) mass is 383 g/mol. The summed E-state index contributed by atoms with van der Waals surface area (Å²) in [6.07, 6.45) is 1.17. The number of benzene rings is 1. The van der Waals surface area contributed by atoms with E-state index in [1.807, 2.05) is 34.6 Å². The average molecular weight is 384 g/mol. The van der Waals surface area contributed by atoms with Gasteiger partial charge in [-0.2, -0.15) is 0 Å². The van der Waals surface area contributed by atoms with Crippen molar-refractivity contribution in [3.63, 3.8) is 0 Å². The summed E-state index contributed by atoms with van der Waals surface area (Å²) in [5, 5.41) is 5.97. The van der Waals surface area contributed by atoms with Gasteiger partial charge in [-0.3, -0.25) is 4.79 Å². The van der Waals surface area contributed by atoms with Crippen LogP contribution in [-0.4, -0.2) is 40.5 Å². The SMILES string of the molecule is CCCNCCNC(=O)CCNS(=O)(=O)c1c(C)c(C)c(C)c(C)c1C. The molecule has 0 aliphatic carbocycles. The Hall–Kier alpha value is -1.44. The zero-order valence-electron chi connectivity index (χ0n) is 16.9. The molecule has 1 aromatic carbocycles. The van der Waals surface area contributed by atoms with Crippen LogP contribution in [0.25, 0.3) is 0 Å². The van der Waals surface area contributed by atoms with Crippen LogP contribution in [0.1, 0.15) is 47.6 Å². The van der Waals surface area contributed by atoms with Gasteiger partial charge in [-0.1, -0.05) is 6.92 Å². The Bertz CT molecular complexity index is 714. The predicted octanol–water partition coefficient (Wildman–Crippen LogP) is 2.01. The lowest BCUT2D eigenvalue weighted by Gasteiger charge is -2.19. The highest BCUT2D eigenvalue weighted by molar-refractivity contribution is 7.89. The van der Waals surface area contributed by atoms with Gasteiger partial charge in [0.05, 0.1) is 4.90 Å². The van der Waals surface area contributed by atoms with Gasteiger partial charge >= 0.3 is 0 Å². The Morgan fingerprint density at radius 1 is 0.808 bits per heavy atom. The molecule has 1 amide bonds. The first kappa shape index (κ1) is 22.6. The summed E-state index contributed by atoms with van der Waals surface area (Å²) in [6.45, 7) is 13.9. The standard InChI is InChI=1S/C19H33N3O3S/c1-7-9-20-11-12-21-18(23)8-10-22-26(24,25)19-16(5)14(3)13(2)15(4)17(19)6/h20,22H,7-12H2,1-6H3,(H,21,23). The van der Waals surface area contributed by atoms with E-state index in [0.29, 0.717) is 18.0 Å². The second kappa shape index (κ2) is 10.0. The van der Waals surface area contributed by atoms with E-state index in [-0.39, 0.29) is 18.9 Å². The van der Waals surface area contributed by atoms with Crippen LogP contribution in [0.4, 0.5) is 0 Å². The van der Waals surface area contributed by atoms with E-state index in [1.165, 1.54) is 0 Å². The molecule has 0 atom stereocenters. The number of carbonyl (C=O) groups is 1. The Morgan fingerprint density at radius 3 is 1.88 bits per heavy atom. The summed E-state index contributed by atoms with van der Waals surface area (Å²) in [6, 6.07) is 0. The summed E-state index contributed by atoms with van der Waals surface area (Å²) in [5.74, 6) is -0.157. The van der Waals surface area contributed by atoms with Crippen molar-refractivity contribution in [2.45, 2.75) is 59.3 Å². The van der Waals surface area contributed by atoms with Crippen LogP contribution in [-0.2, 0) is 14.8 Å². The van der Waals surface area contributed by atoms with Gasteiger partial charge in [-0.15, -0.1) is 0 Å². The molecule has 0 aromatic heterocycles. The van der Waals surface area contributed by atoms with Crippen molar-refractivity contribution < 1.29 is 13.2 Å². The van der Waals surface area contributed by atoms with Crippen LogP contribution in [0.3, 0.4) is 0 Å². The molecule has 0 aliphatic rings. The normalized spacial score (nSPS) is 11.6. The van der Waals surface area contributed by atoms with Gasteiger partial charge in [0.2, 0.25) is 15.9 Å². The maximum absolute atomic E-state index is 12.8. The molecular formula is C19H33N3O3S. The van der Waals surface area contributed by atoms with Crippen molar-refractivity contribution in [3.05, 3.63) is 27.8 Å². The number of sulfonamides is 1. The van der Waals surface area contributed by atoms with Crippen LogP contribution in [0, 0.1) is 34.6 Å². The average Bonchev–Trinajstić information content (AvgIpc) is 2.57. The van der Waals surface area contributed by atoms with Gasteiger partial charge in [0.25, 0.3) is 0 Å². The molecule has 0 bridgehead atoms. The highest BCUT2D eigenvalue weighted by Crippen LogP contribution is 2.29. The molecule has 1 aromatic rings. The number of carbonyl (C=O) groups excluding carboxylic acids is 1. The van der Waals surface area contributed by atoms with Crippen LogP contribution in [0.15, 0.2) is 4.90 Å². The zero-order valence-corrected chi connectivity index (χ0v) is 17.7. The largest absolute Gasteiger partial charge is 0.355 e. The fourth-order valence-corrected chi connectivity index (χ4v) is 4.55. The van der Waals surface area contributed by atoms with Gasteiger partial charge in [-0.05, 0) is 75.4 Å². The van der Waals surface area contributed by atoms with Crippen LogP contribution in [0.5, 0.6) is 0 Å². The molecule has 0 radical (unpaired) electrons. The Morgan fingerprint density at radius 2 is 1.35 bits per heavy atom. The van der Waals surface area contributed by atoms with Gasteiger partial charge in [-0.25, -0.2) is 13.1 Å². The third kappa shape index (κ3) is 5.79. The smallest absolute Gasteiger partial charge is 0.241 e. The molecule has 0 aliphatic heterocycles. The van der Waals surface area contributed by atoms with Crippen LogP contribution >= 0.6 is 0 Å². The van der Waals surface area contributed by atoms with Gasteiger partial charge < -0.3 is 10.6 Å². The Kier molecular flexibility index (Phi) is 8.73. The van der Waals surface area contributed by atoms with E-state index in [9.17, 15) is 13.2 Å². The minimum atomic E-state index is -3.65. The van der Waals surface area contributed by atoms with Crippen molar-refractivity contribution in [2.24, 2.45) is 0 Å². The van der Waals surface area contributed by atoms with Crippen LogP contribution < -0.4 is 15.4 Å². The minimum Gasteiger partial charge on any atom is -0.355 e. The lowest BCUT2D eigenvalue weighted by Crippen LogP contribution is -2.35. The van der Waals surface area contributed by atoms with Gasteiger partial charge in [0.15, 0.2) is 0 Å². The fourth-order valence-electron chi connectivity index (χ4n) is 2.92. The quantitative estimate of drug-likeness (QED) is 0.540. The zero-order chi connectivity index (χ0) is 19.9. The second-order valence-electron chi connectivity index (χ2n) is 6.70. The van der Waals surface area contributed by atoms with E-state index < -0.39 is 10.0 Å². The molecular weight excluding hydrogens is 350 g/mol. The molecule has 3 N–H and O–H groups in total. The summed E-state index contributed by atoms with van der Waals surface area (Å²) < 4.78 is 28.1. The summed E-state index contributed by atoms with van der Waals surface area (Å²) >= 11 is 0. The van der Waals surface area contributed by atoms with E-state index in [4.69, 9.17) is 0 Å². The van der Waals surface area contributed by atoms with Gasteiger partial charge in [0.1, 0.15) is 0 Å². The molecule has 0 fully saturated rings. The third-order valence-corrected chi connectivity index (χ3v) is 6.63. The van der Waals surface area contributed by atoms with Crippen molar-refractivity contribution in [2.75, 3.05) is 26.2 Å². The van der Waals surface area contributed by atoms with E-state index >= 15 is 0 Å². The second-order valence-corrected chi connectivity index (χ2v) is 8.41. The van der Waals surface area contributed by atoms with Crippen molar-refractivity contribution in [1.29, 1.82) is 0 Å². The lowest BCUT2D eigenvalue weighted by atomic mass is 9.95. The molecule has 6 nitrogen and oxygen atoms in total.